The van der Waals surface area contributed by atoms with Crippen molar-refractivity contribution in [3.63, 3.8) is 0 Å². The minimum atomic E-state index is -4.53. The van der Waals surface area contributed by atoms with Crippen LogP contribution in [0.5, 0.6) is 0 Å². The summed E-state index contributed by atoms with van der Waals surface area (Å²) in [6.07, 6.45) is -9.07. The highest BCUT2D eigenvalue weighted by Gasteiger charge is 2.32. The summed E-state index contributed by atoms with van der Waals surface area (Å²) in [5.74, 6) is 0. The first-order chi connectivity index (χ1) is 31.8. The monoisotopic (exact) mass is 877 g/mol. The summed E-state index contributed by atoms with van der Waals surface area (Å²) < 4.78 is 92.7. The van der Waals surface area contributed by atoms with E-state index in [1.54, 1.807) is 26.0 Å². The van der Waals surface area contributed by atoms with Crippen molar-refractivity contribution in [2.45, 2.75) is 26.2 Å². The van der Waals surface area contributed by atoms with Gasteiger partial charge in [-0.3, -0.25) is 0 Å². The Morgan fingerprint density at radius 1 is 0.364 bits per heavy atom. The molecule has 0 amide bonds. The van der Waals surface area contributed by atoms with Crippen molar-refractivity contribution >= 4 is 43.7 Å². The number of aryl methyl sites for hydroxylation is 2. The molecular formula is C58H37F6NO. The van der Waals surface area contributed by atoms with Crippen LogP contribution in [0.4, 0.5) is 26.3 Å². The Morgan fingerprint density at radius 2 is 0.848 bits per heavy atom. The lowest BCUT2D eigenvalue weighted by molar-refractivity contribution is -0.138. The number of halogens is 6. The maximum atomic E-state index is 14.0. The van der Waals surface area contributed by atoms with E-state index < -0.39 is 23.5 Å². The van der Waals surface area contributed by atoms with Gasteiger partial charge in [-0.15, -0.1) is 0 Å². The van der Waals surface area contributed by atoms with Gasteiger partial charge in [-0.25, -0.2) is 0 Å². The standard InChI is InChI=1S/C58H37F6NO/c1-34-25-42(29-44(27-34)57(59,60)61)40-19-22-52-48(31-40)49-32-41(43-26-35(2)28-45(30-43)58(62,63)64)20-23-53(49)65(52)51-13-7-6-11-46(51)37-15-17-38(18-16-37)47-12-8-14-55-56(47)50-33-39(21-24-54(50)66-55)36-9-4-3-5-10-36/h3-33H,1-2H3. The largest absolute Gasteiger partial charge is 0.456 e. The molecule has 0 radical (unpaired) electrons. The lowest BCUT2D eigenvalue weighted by Gasteiger charge is -2.15. The first kappa shape index (κ1) is 40.9. The van der Waals surface area contributed by atoms with Crippen LogP contribution in [0.2, 0.25) is 0 Å². The van der Waals surface area contributed by atoms with E-state index in [-0.39, 0.29) is 0 Å². The molecule has 0 fully saturated rings. The van der Waals surface area contributed by atoms with E-state index in [0.29, 0.717) is 33.4 Å². The summed E-state index contributed by atoms with van der Waals surface area (Å²) in [6.45, 7) is 3.27. The zero-order valence-electron chi connectivity index (χ0n) is 35.5. The van der Waals surface area contributed by atoms with Gasteiger partial charge in [0, 0.05) is 27.1 Å². The molecule has 0 atom stereocenters. The highest BCUT2D eigenvalue weighted by molar-refractivity contribution is 6.14. The molecule has 0 aliphatic heterocycles. The van der Waals surface area contributed by atoms with Gasteiger partial charge in [-0.05, 0) is 148 Å². The van der Waals surface area contributed by atoms with Crippen LogP contribution in [0.15, 0.2) is 192 Å². The molecule has 9 aromatic carbocycles. The third kappa shape index (κ3) is 7.19. The van der Waals surface area contributed by atoms with Crippen LogP contribution in [0.25, 0.3) is 105 Å². The minimum absolute atomic E-state index is 0.408. The fourth-order valence-corrected chi connectivity index (χ4v) is 9.49. The Morgan fingerprint density at radius 3 is 1.44 bits per heavy atom. The molecule has 66 heavy (non-hydrogen) atoms. The number of fused-ring (bicyclic) bond motifs is 6. The van der Waals surface area contributed by atoms with E-state index in [1.165, 1.54) is 0 Å². The van der Waals surface area contributed by atoms with Crippen LogP contribution in [0.3, 0.4) is 0 Å². The maximum Gasteiger partial charge on any atom is 0.416 e. The molecule has 11 aromatic rings. The van der Waals surface area contributed by atoms with E-state index in [4.69, 9.17) is 4.42 Å². The molecule has 322 valence electrons. The molecule has 2 nitrogen and oxygen atoms in total. The minimum Gasteiger partial charge on any atom is -0.456 e. The number of nitrogens with zero attached hydrogens (tertiary/aromatic N) is 1. The van der Waals surface area contributed by atoms with Gasteiger partial charge in [0.05, 0.1) is 27.8 Å². The van der Waals surface area contributed by atoms with Gasteiger partial charge < -0.3 is 8.98 Å². The van der Waals surface area contributed by atoms with E-state index in [2.05, 4.69) is 65.2 Å². The first-order valence-electron chi connectivity index (χ1n) is 21.4. The Bertz CT molecular complexity index is 3570. The van der Waals surface area contributed by atoms with E-state index >= 15 is 0 Å². The number of benzene rings is 9. The highest BCUT2D eigenvalue weighted by atomic mass is 19.4. The number of rotatable bonds is 6. The third-order valence-corrected chi connectivity index (χ3v) is 12.5. The van der Waals surface area contributed by atoms with Crippen LogP contribution < -0.4 is 0 Å². The van der Waals surface area contributed by atoms with Gasteiger partial charge in [-0.1, -0.05) is 115 Å². The second-order valence-corrected chi connectivity index (χ2v) is 16.9. The van der Waals surface area contributed by atoms with Gasteiger partial charge in [0.1, 0.15) is 11.2 Å². The number of furan rings is 1. The van der Waals surface area contributed by atoms with Crippen molar-refractivity contribution in [2.75, 3.05) is 0 Å². The zero-order chi connectivity index (χ0) is 45.5. The molecule has 0 unspecified atom stereocenters. The van der Waals surface area contributed by atoms with Crippen LogP contribution in [-0.4, -0.2) is 4.57 Å². The average Bonchev–Trinajstić information content (AvgIpc) is 3.86. The van der Waals surface area contributed by atoms with Crippen LogP contribution in [0, 0.1) is 13.8 Å². The Kier molecular flexibility index (Phi) is 9.55. The van der Waals surface area contributed by atoms with Gasteiger partial charge >= 0.3 is 12.4 Å². The molecular weight excluding hydrogens is 841 g/mol. The molecule has 11 rings (SSSR count). The van der Waals surface area contributed by atoms with Gasteiger partial charge in [0.2, 0.25) is 0 Å². The highest BCUT2D eigenvalue weighted by Crippen LogP contribution is 2.43. The predicted molar refractivity (Wildman–Crippen MR) is 255 cm³/mol. The van der Waals surface area contributed by atoms with Crippen molar-refractivity contribution in [1.29, 1.82) is 0 Å². The first-order valence-corrected chi connectivity index (χ1v) is 21.4. The lowest BCUT2D eigenvalue weighted by atomic mass is 9.95. The van der Waals surface area contributed by atoms with Crippen molar-refractivity contribution in [3.8, 4) is 61.3 Å². The quantitative estimate of drug-likeness (QED) is 0.152. The molecule has 8 heteroatoms. The fourth-order valence-electron chi connectivity index (χ4n) is 9.49. The van der Waals surface area contributed by atoms with Gasteiger partial charge in [0.15, 0.2) is 0 Å². The van der Waals surface area contributed by atoms with Crippen molar-refractivity contribution in [1.82, 2.24) is 4.57 Å². The SMILES string of the molecule is Cc1cc(-c2ccc3c(c2)c2cc(-c4cc(C)cc(C(F)(F)F)c4)ccc2n3-c2ccccc2-c2ccc(-c3cccc4oc5ccc(-c6ccccc6)cc5c34)cc2)cc(C(F)(F)F)c1. The summed E-state index contributed by atoms with van der Waals surface area (Å²) in [5, 5.41) is 3.54. The number of alkyl halides is 6. The normalized spacial score (nSPS) is 12.2. The molecule has 0 aliphatic rings. The summed E-state index contributed by atoms with van der Waals surface area (Å²) in [4.78, 5) is 0. The fraction of sp³-hybridized carbons (Fsp3) is 0.0690. The molecule has 0 saturated heterocycles. The number of hydrogen-bond donors (Lipinski definition) is 0. The lowest BCUT2D eigenvalue weighted by Crippen LogP contribution is -2.05. The van der Waals surface area contributed by atoms with Crippen LogP contribution >= 0.6 is 0 Å². The predicted octanol–water partition coefficient (Wildman–Crippen LogP) is 17.7. The summed E-state index contributed by atoms with van der Waals surface area (Å²) in [5.41, 5.74) is 11.6. The Labute approximate surface area is 375 Å². The molecule has 0 saturated carbocycles. The van der Waals surface area contributed by atoms with Crippen LogP contribution in [0.1, 0.15) is 22.3 Å². The summed E-state index contributed by atoms with van der Waals surface area (Å²) in [7, 11) is 0. The number of aromatic nitrogens is 1. The average molecular weight is 878 g/mol. The molecule has 0 bridgehead atoms. The maximum absolute atomic E-state index is 14.0. The second kappa shape index (κ2) is 15.4. The topological polar surface area (TPSA) is 18.1 Å². The van der Waals surface area contributed by atoms with E-state index in [1.807, 2.05) is 91.0 Å². The third-order valence-electron chi connectivity index (χ3n) is 12.5. The summed E-state index contributed by atoms with van der Waals surface area (Å²) in [6, 6.07) is 58.3. The van der Waals surface area contributed by atoms with Crippen molar-refractivity contribution < 1.29 is 30.8 Å². The number of para-hydroxylation sites is 1. The van der Waals surface area contributed by atoms with Crippen molar-refractivity contribution in [2.24, 2.45) is 0 Å². The zero-order valence-corrected chi connectivity index (χ0v) is 35.5. The van der Waals surface area contributed by atoms with E-state index in [0.717, 1.165) is 107 Å². The molecule has 0 spiro atoms. The smallest absolute Gasteiger partial charge is 0.416 e. The molecule has 0 N–H and O–H groups in total. The van der Waals surface area contributed by atoms with E-state index in [9.17, 15) is 26.3 Å². The molecule has 2 heterocycles. The number of hydrogen-bond acceptors (Lipinski definition) is 1. The second-order valence-electron chi connectivity index (χ2n) is 16.9. The van der Waals surface area contributed by atoms with Gasteiger partial charge in [-0.2, -0.15) is 26.3 Å². The molecule has 0 aliphatic carbocycles. The Balaban J connectivity index is 1.06. The van der Waals surface area contributed by atoms with Crippen molar-refractivity contribution in [3.05, 3.63) is 210 Å². The van der Waals surface area contributed by atoms with Gasteiger partial charge in [0.25, 0.3) is 0 Å². The Hall–Kier alpha value is -7.84. The molecule has 2 aromatic heterocycles. The summed E-state index contributed by atoms with van der Waals surface area (Å²) >= 11 is 0. The van der Waals surface area contributed by atoms with Crippen LogP contribution in [-0.2, 0) is 12.4 Å².